The van der Waals surface area contributed by atoms with Crippen LogP contribution in [-0.4, -0.2) is 18.5 Å². The van der Waals surface area contributed by atoms with E-state index in [9.17, 15) is 4.79 Å². The molecule has 0 aromatic heterocycles. The van der Waals surface area contributed by atoms with Gasteiger partial charge in [0.05, 0.1) is 0 Å². The lowest BCUT2D eigenvalue weighted by molar-refractivity contribution is -0.130. The maximum absolute atomic E-state index is 11.5. The molecule has 3 heteroatoms. The van der Waals surface area contributed by atoms with Gasteiger partial charge in [-0.15, -0.1) is 0 Å². The van der Waals surface area contributed by atoms with E-state index in [2.05, 4.69) is 5.32 Å². The molecular formula is C9H20N2O. The molecule has 0 aromatic rings. The highest BCUT2D eigenvalue weighted by Crippen LogP contribution is 2.19. The van der Waals surface area contributed by atoms with Crippen LogP contribution in [0.2, 0.25) is 0 Å². The standard InChI is InChI=1S/C9H20N2O/c1-5-9(3,4)8(12)11-7(2)6-10/h7H,5-6,10H2,1-4H3,(H,11,12). The Balaban J connectivity index is 4.03. The van der Waals surface area contributed by atoms with Crippen molar-refractivity contribution in [1.29, 1.82) is 0 Å². The van der Waals surface area contributed by atoms with E-state index in [0.717, 1.165) is 6.42 Å². The van der Waals surface area contributed by atoms with E-state index in [1.54, 1.807) is 0 Å². The van der Waals surface area contributed by atoms with Crippen LogP contribution in [0.3, 0.4) is 0 Å². The van der Waals surface area contributed by atoms with Gasteiger partial charge in [-0.3, -0.25) is 4.79 Å². The molecule has 0 heterocycles. The molecule has 12 heavy (non-hydrogen) atoms. The Morgan fingerprint density at radius 2 is 2.08 bits per heavy atom. The van der Waals surface area contributed by atoms with Crippen molar-refractivity contribution in [2.45, 2.75) is 40.2 Å². The number of rotatable bonds is 4. The molecule has 1 amide bonds. The van der Waals surface area contributed by atoms with Gasteiger partial charge in [-0.2, -0.15) is 0 Å². The Bertz CT molecular complexity index is 155. The van der Waals surface area contributed by atoms with Crippen LogP contribution in [0, 0.1) is 5.41 Å². The Morgan fingerprint density at radius 3 is 2.42 bits per heavy atom. The van der Waals surface area contributed by atoms with Crippen LogP contribution in [-0.2, 0) is 4.79 Å². The molecule has 0 aromatic carbocycles. The van der Waals surface area contributed by atoms with Crippen molar-refractivity contribution in [2.24, 2.45) is 11.1 Å². The third kappa shape index (κ3) is 3.22. The first-order valence-electron chi connectivity index (χ1n) is 4.45. The number of nitrogens with one attached hydrogen (secondary N) is 1. The Kier molecular flexibility index (Phi) is 4.24. The third-order valence-electron chi connectivity index (χ3n) is 2.23. The second-order valence-corrected chi connectivity index (χ2v) is 3.85. The average molecular weight is 172 g/mol. The molecule has 1 unspecified atom stereocenters. The van der Waals surface area contributed by atoms with E-state index < -0.39 is 0 Å². The molecule has 3 N–H and O–H groups in total. The third-order valence-corrected chi connectivity index (χ3v) is 2.23. The number of carbonyl (C=O) groups is 1. The summed E-state index contributed by atoms with van der Waals surface area (Å²) in [6.45, 7) is 8.28. The zero-order valence-corrected chi connectivity index (χ0v) is 8.48. The Labute approximate surface area is 74.7 Å². The Morgan fingerprint density at radius 1 is 1.58 bits per heavy atom. The first-order chi connectivity index (χ1) is 5.44. The van der Waals surface area contributed by atoms with Gasteiger partial charge in [0.1, 0.15) is 0 Å². The van der Waals surface area contributed by atoms with Crippen LogP contribution in [0.15, 0.2) is 0 Å². The van der Waals surface area contributed by atoms with E-state index in [1.165, 1.54) is 0 Å². The summed E-state index contributed by atoms with van der Waals surface area (Å²) in [7, 11) is 0. The number of hydrogen-bond donors (Lipinski definition) is 2. The summed E-state index contributed by atoms with van der Waals surface area (Å²) in [5.41, 5.74) is 5.12. The van der Waals surface area contributed by atoms with Gasteiger partial charge in [0.15, 0.2) is 0 Å². The van der Waals surface area contributed by atoms with Crippen molar-refractivity contribution < 1.29 is 4.79 Å². The highest BCUT2D eigenvalue weighted by atomic mass is 16.2. The highest BCUT2D eigenvalue weighted by molar-refractivity contribution is 5.81. The molecule has 0 radical (unpaired) electrons. The topological polar surface area (TPSA) is 55.1 Å². The van der Waals surface area contributed by atoms with Crippen LogP contribution < -0.4 is 11.1 Å². The molecule has 0 aliphatic carbocycles. The van der Waals surface area contributed by atoms with Gasteiger partial charge in [0.2, 0.25) is 5.91 Å². The van der Waals surface area contributed by atoms with Crippen molar-refractivity contribution in [3.63, 3.8) is 0 Å². The van der Waals surface area contributed by atoms with Crippen molar-refractivity contribution in [1.82, 2.24) is 5.32 Å². The summed E-state index contributed by atoms with van der Waals surface area (Å²) in [5, 5.41) is 2.86. The van der Waals surface area contributed by atoms with E-state index in [0.29, 0.717) is 6.54 Å². The van der Waals surface area contributed by atoms with Crippen molar-refractivity contribution in [2.75, 3.05) is 6.54 Å². The van der Waals surface area contributed by atoms with Crippen LogP contribution in [0.5, 0.6) is 0 Å². The maximum atomic E-state index is 11.5. The Hall–Kier alpha value is -0.570. The molecule has 72 valence electrons. The summed E-state index contributed by atoms with van der Waals surface area (Å²) < 4.78 is 0. The minimum absolute atomic E-state index is 0.0725. The number of hydrogen-bond acceptors (Lipinski definition) is 2. The van der Waals surface area contributed by atoms with Crippen molar-refractivity contribution in [3.8, 4) is 0 Å². The normalized spacial score (nSPS) is 14.1. The lowest BCUT2D eigenvalue weighted by Crippen LogP contribution is -2.44. The fourth-order valence-corrected chi connectivity index (χ4v) is 0.639. The minimum atomic E-state index is -0.274. The van der Waals surface area contributed by atoms with Gasteiger partial charge >= 0.3 is 0 Å². The number of amides is 1. The molecule has 0 rings (SSSR count). The van der Waals surface area contributed by atoms with E-state index in [1.807, 2.05) is 27.7 Å². The van der Waals surface area contributed by atoms with Gasteiger partial charge in [0.25, 0.3) is 0 Å². The summed E-state index contributed by atoms with van der Waals surface area (Å²) in [4.78, 5) is 11.5. The fraction of sp³-hybridized carbons (Fsp3) is 0.889. The van der Waals surface area contributed by atoms with Gasteiger partial charge < -0.3 is 11.1 Å². The molecule has 0 saturated heterocycles. The molecule has 0 saturated carbocycles. The average Bonchev–Trinajstić information content (AvgIpc) is 2.04. The fourth-order valence-electron chi connectivity index (χ4n) is 0.639. The zero-order valence-electron chi connectivity index (χ0n) is 8.48. The number of carbonyl (C=O) groups excluding carboxylic acids is 1. The smallest absolute Gasteiger partial charge is 0.225 e. The molecule has 3 nitrogen and oxygen atoms in total. The first-order valence-corrected chi connectivity index (χ1v) is 4.45. The monoisotopic (exact) mass is 172 g/mol. The molecule has 0 aliphatic rings. The maximum Gasteiger partial charge on any atom is 0.225 e. The minimum Gasteiger partial charge on any atom is -0.352 e. The van der Waals surface area contributed by atoms with E-state index >= 15 is 0 Å². The largest absolute Gasteiger partial charge is 0.352 e. The van der Waals surface area contributed by atoms with Gasteiger partial charge in [-0.25, -0.2) is 0 Å². The quantitative estimate of drug-likeness (QED) is 0.661. The second kappa shape index (κ2) is 4.45. The van der Waals surface area contributed by atoms with Gasteiger partial charge in [-0.1, -0.05) is 20.8 Å². The SMILES string of the molecule is CCC(C)(C)C(=O)NC(C)CN. The van der Waals surface area contributed by atoms with Gasteiger partial charge in [-0.05, 0) is 13.3 Å². The molecular weight excluding hydrogens is 152 g/mol. The second-order valence-electron chi connectivity index (χ2n) is 3.85. The van der Waals surface area contributed by atoms with Crippen LogP contribution in [0.1, 0.15) is 34.1 Å². The van der Waals surface area contributed by atoms with E-state index in [-0.39, 0.29) is 17.4 Å². The molecule has 0 fully saturated rings. The van der Waals surface area contributed by atoms with E-state index in [4.69, 9.17) is 5.73 Å². The lowest BCUT2D eigenvalue weighted by atomic mass is 9.89. The molecule has 0 aliphatic heterocycles. The summed E-state index contributed by atoms with van der Waals surface area (Å²) in [5.74, 6) is 0.0861. The van der Waals surface area contributed by atoms with Crippen LogP contribution in [0.4, 0.5) is 0 Å². The molecule has 0 bridgehead atoms. The predicted molar refractivity (Wildman–Crippen MR) is 50.7 cm³/mol. The zero-order chi connectivity index (χ0) is 9.78. The lowest BCUT2D eigenvalue weighted by Gasteiger charge is -2.23. The summed E-state index contributed by atoms with van der Waals surface area (Å²) >= 11 is 0. The molecule has 1 atom stereocenters. The highest BCUT2D eigenvalue weighted by Gasteiger charge is 2.25. The summed E-state index contributed by atoms with van der Waals surface area (Å²) in [6.07, 6.45) is 0.843. The van der Waals surface area contributed by atoms with Crippen molar-refractivity contribution >= 4 is 5.91 Å². The molecule has 0 spiro atoms. The van der Waals surface area contributed by atoms with Crippen LogP contribution in [0.25, 0.3) is 0 Å². The summed E-state index contributed by atoms with van der Waals surface area (Å²) in [6, 6.07) is 0.0725. The first kappa shape index (κ1) is 11.4. The number of nitrogens with two attached hydrogens (primary N) is 1. The van der Waals surface area contributed by atoms with Crippen LogP contribution >= 0.6 is 0 Å². The predicted octanol–water partition coefficient (Wildman–Crippen LogP) is 0.886. The van der Waals surface area contributed by atoms with Crippen molar-refractivity contribution in [3.05, 3.63) is 0 Å². The van der Waals surface area contributed by atoms with Gasteiger partial charge in [0, 0.05) is 18.0 Å².